The number of ether oxygens (including phenoxy) is 2. The molecule has 0 aromatic heterocycles. The average molecular weight is 363 g/mol. The van der Waals surface area contributed by atoms with E-state index in [1.165, 1.54) is 17.8 Å². The Hall–Kier alpha value is -2.21. The van der Waals surface area contributed by atoms with Crippen molar-refractivity contribution in [2.24, 2.45) is 0 Å². The highest BCUT2D eigenvalue weighted by atomic mass is 32.2. The Morgan fingerprint density at radius 1 is 1.16 bits per heavy atom. The van der Waals surface area contributed by atoms with E-state index in [4.69, 9.17) is 9.47 Å². The summed E-state index contributed by atoms with van der Waals surface area (Å²) in [7, 11) is 3.15. The molecule has 4 nitrogen and oxygen atoms in total. The van der Waals surface area contributed by atoms with Crippen LogP contribution in [0, 0.1) is 5.82 Å². The lowest BCUT2D eigenvalue weighted by Crippen LogP contribution is -2.30. The van der Waals surface area contributed by atoms with E-state index in [1.807, 2.05) is 19.1 Å². The molecule has 0 saturated heterocycles. The second-order valence-corrected chi connectivity index (χ2v) is 6.78. The summed E-state index contributed by atoms with van der Waals surface area (Å²) < 4.78 is 24.1. The Labute approximate surface area is 151 Å². The number of rotatable bonds is 8. The molecule has 1 N–H and O–H groups in total. The van der Waals surface area contributed by atoms with Crippen LogP contribution in [0.3, 0.4) is 0 Å². The van der Waals surface area contributed by atoms with E-state index >= 15 is 0 Å². The lowest BCUT2D eigenvalue weighted by molar-refractivity contribution is -0.120. The van der Waals surface area contributed by atoms with Gasteiger partial charge in [-0.2, -0.15) is 0 Å². The van der Waals surface area contributed by atoms with Gasteiger partial charge in [-0.15, -0.1) is 11.8 Å². The van der Waals surface area contributed by atoms with Crippen LogP contribution in [0.1, 0.15) is 18.1 Å². The van der Waals surface area contributed by atoms with Gasteiger partial charge in [0.1, 0.15) is 5.82 Å². The SMILES string of the molecule is COc1ccc(CNC(=O)C(C)SCc2ccccc2F)cc1OC. The molecule has 1 unspecified atom stereocenters. The standard InChI is InChI=1S/C19H22FNO3S/c1-13(25-12-15-6-4-5-7-16(15)20)19(22)21-11-14-8-9-17(23-2)18(10-14)24-3/h4-10,13H,11-12H2,1-3H3,(H,21,22). The summed E-state index contributed by atoms with van der Waals surface area (Å²) in [5.74, 6) is 1.39. The Morgan fingerprint density at radius 2 is 1.88 bits per heavy atom. The van der Waals surface area contributed by atoms with Crippen LogP contribution >= 0.6 is 11.8 Å². The lowest BCUT2D eigenvalue weighted by Gasteiger charge is -2.13. The molecule has 0 bridgehead atoms. The van der Waals surface area contributed by atoms with Gasteiger partial charge in [0, 0.05) is 12.3 Å². The number of hydrogen-bond donors (Lipinski definition) is 1. The van der Waals surface area contributed by atoms with Gasteiger partial charge in [-0.1, -0.05) is 24.3 Å². The van der Waals surface area contributed by atoms with Crippen LogP contribution < -0.4 is 14.8 Å². The first-order valence-electron chi connectivity index (χ1n) is 7.88. The minimum atomic E-state index is -0.278. The van der Waals surface area contributed by atoms with Crippen LogP contribution in [0.4, 0.5) is 4.39 Å². The molecule has 0 radical (unpaired) electrons. The number of benzene rings is 2. The van der Waals surface area contributed by atoms with E-state index in [0.29, 0.717) is 29.4 Å². The summed E-state index contributed by atoms with van der Waals surface area (Å²) in [5, 5.41) is 2.61. The number of nitrogens with one attached hydrogen (secondary N) is 1. The monoisotopic (exact) mass is 363 g/mol. The van der Waals surface area contributed by atoms with Crippen LogP contribution in [-0.2, 0) is 17.1 Å². The summed E-state index contributed by atoms with van der Waals surface area (Å²) >= 11 is 1.40. The molecule has 0 saturated carbocycles. The van der Waals surface area contributed by atoms with Gasteiger partial charge in [0.25, 0.3) is 0 Å². The first-order valence-corrected chi connectivity index (χ1v) is 8.93. The molecule has 0 aliphatic carbocycles. The molecule has 2 aromatic carbocycles. The number of methoxy groups -OCH3 is 2. The second kappa shape index (κ2) is 9.32. The van der Waals surface area contributed by atoms with Crippen LogP contribution in [0.5, 0.6) is 11.5 Å². The van der Waals surface area contributed by atoms with Gasteiger partial charge in [-0.3, -0.25) is 4.79 Å². The van der Waals surface area contributed by atoms with Crippen molar-refractivity contribution in [1.82, 2.24) is 5.32 Å². The number of hydrogen-bond acceptors (Lipinski definition) is 4. The maximum atomic E-state index is 13.6. The predicted molar refractivity (Wildman–Crippen MR) is 98.5 cm³/mol. The van der Waals surface area contributed by atoms with Crippen molar-refractivity contribution in [3.05, 3.63) is 59.4 Å². The fraction of sp³-hybridized carbons (Fsp3) is 0.316. The van der Waals surface area contributed by atoms with Crippen molar-refractivity contribution < 1.29 is 18.7 Å². The fourth-order valence-electron chi connectivity index (χ4n) is 2.23. The van der Waals surface area contributed by atoms with E-state index in [2.05, 4.69) is 5.32 Å². The molecule has 1 amide bonds. The second-order valence-electron chi connectivity index (χ2n) is 5.45. The quantitative estimate of drug-likeness (QED) is 0.775. The van der Waals surface area contributed by atoms with Gasteiger partial charge >= 0.3 is 0 Å². The molecule has 0 aliphatic heterocycles. The van der Waals surface area contributed by atoms with Crippen LogP contribution in [0.15, 0.2) is 42.5 Å². The van der Waals surface area contributed by atoms with Crippen molar-refractivity contribution >= 4 is 17.7 Å². The fourth-order valence-corrected chi connectivity index (χ4v) is 3.13. The summed E-state index contributed by atoms with van der Waals surface area (Å²) in [6, 6.07) is 12.1. The van der Waals surface area contributed by atoms with E-state index in [0.717, 1.165) is 5.56 Å². The maximum absolute atomic E-state index is 13.6. The summed E-state index contributed by atoms with van der Waals surface area (Å²) in [5.41, 5.74) is 1.52. The van der Waals surface area contributed by atoms with Gasteiger partial charge in [-0.25, -0.2) is 4.39 Å². The normalized spacial score (nSPS) is 11.7. The minimum absolute atomic E-state index is 0.0869. The van der Waals surface area contributed by atoms with Gasteiger partial charge in [0.2, 0.25) is 5.91 Å². The van der Waals surface area contributed by atoms with E-state index < -0.39 is 0 Å². The third-order valence-corrected chi connectivity index (χ3v) is 4.92. The van der Waals surface area contributed by atoms with Crippen molar-refractivity contribution in [1.29, 1.82) is 0 Å². The topological polar surface area (TPSA) is 47.6 Å². The molecule has 0 spiro atoms. The largest absolute Gasteiger partial charge is 0.493 e. The van der Waals surface area contributed by atoms with Crippen LogP contribution in [-0.4, -0.2) is 25.4 Å². The first kappa shape index (κ1) is 19.1. The van der Waals surface area contributed by atoms with Gasteiger partial charge in [-0.05, 0) is 36.2 Å². The summed E-state index contributed by atoms with van der Waals surface area (Å²) in [6.07, 6.45) is 0. The lowest BCUT2D eigenvalue weighted by atomic mass is 10.2. The van der Waals surface area contributed by atoms with Crippen molar-refractivity contribution in [3.63, 3.8) is 0 Å². The molecule has 2 rings (SSSR count). The molecule has 1 atom stereocenters. The molecular weight excluding hydrogens is 341 g/mol. The summed E-state index contributed by atoms with van der Waals surface area (Å²) in [6.45, 7) is 2.21. The smallest absolute Gasteiger partial charge is 0.233 e. The Morgan fingerprint density at radius 3 is 2.56 bits per heavy atom. The molecule has 25 heavy (non-hydrogen) atoms. The Kier molecular flexibility index (Phi) is 7.13. The number of carbonyl (C=O) groups is 1. The number of amides is 1. The predicted octanol–water partition coefficient (Wildman–Crippen LogP) is 3.78. The van der Waals surface area contributed by atoms with Crippen LogP contribution in [0.2, 0.25) is 0 Å². The molecule has 6 heteroatoms. The zero-order valence-electron chi connectivity index (χ0n) is 14.5. The first-order chi connectivity index (χ1) is 12.0. The zero-order valence-corrected chi connectivity index (χ0v) is 15.4. The molecule has 0 aliphatic rings. The number of thioether (sulfide) groups is 1. The van der Waals surface area contributed by atoms with E-state index in [9.17, 15) is 9.18 Å². The third-order valence-electron chi connectivity index (χ3n) is 3.73. The molecular formula is C19H22FNO3S. The molecule has 134 valence electrons. The zero-order chi connectivity index (χ0) is 18.2. The molecule has 2 aromatic rings. The van der Waals surface area contributed by atoms with E-state index in [-0.39, 0.29) is 17.0 Å². The van der Waals surface area contributed by atoms with Crippen LogP contribution in [0.25, 0.3) is 0 Å². The van der Waals surface area contributed by atoms with Gasteiger partial charge in [0.15, 0.2) is 11.5 Å². The Bertz CT molecular complexity index is 724. The highest BCUT2D eigenvalue weighted by Gasteiger charge is 2.14. The van der Waals surface area contributed by atoms with E-state index in [1.54, 1.807) is 38.5 Å². The van der Waals surface area contributed by atoms with Crippen molar-refractivity contribution in [3.8, 4) is 11.5 Å². The molecule has 0 heterocycles. The molecule has 0 fully saturated rings. The Balaban J connectivity index is 1.86. The van der Waals surface area contributed by atoms with Gasteiger partial charge in [0.05, 0.1) is 19.5 Å². The third kappa shape index (κ3) is 5.39. The van der Waals surface area contributed by atoms with Crippen molar-refractivity contribution in [2.45, 2.75) is 24.5 Å². The average Bonchev–Trinajstić information content (AvgIpc) is 2.64. The highest BCUT2D eigenvalue weighted by Crippen LogP contribution is 2.27. The highest BCUT2D eigenvalue weighted by molar-refractivity contribution is 7.99. The number of halogens is 1. The van der Waals surface area contributed by atoms with Gasteiger partial charge < -0.3 is 14.8 Å². The number of carbonyl (C=O) groups excluding carboxylic acids is 1. The minimum Gasteiger partial charge on any atom is -0.493 e. The summed E-state index contributed by atoms with van der Waals surface area (Å²) in [4.78, 5) is 12.2. The van der Waals surface area contributed by atoms with Crippen molar-refractivity contribution in [2.75, 3.05) is 14.2 Å². The maximum Gasteiger partial charge on any atom is 0.233 e.